The van der Waals surface area contributed by atoms with E-state index in [0.717, 1.165) is 17.0 Å². The predicted molar refractivity (Wildman–Crippen MR) is 65.2 cm³/mol. The van der Waals surface area contributed by atoms with Crippen molar-refractivity contribution in [1.29, 1.82) is 0 Å². The molecule has 0 heterocycles. The zero-order chi connectivity index (χ0) is 11.7. The van der Waals surface area contributed by atoms with E-state index in [1.165, 1.54) is 0 Å². The first-order valence-corrected chi connectivity index (χ1v) is 5.95. The van der Waals surface area contributed by atoms with E-state index in [0.29, 0.717) is 12.5 Å². The average Bonchev–Trinajstić information content (AvgIpc) is 2.98. The zero-order valence-corrected chi connectivity index (χ0v) is 10.4. The Balaban J connectivity index is 1.99. The van der Waals surface area contributed by atoms with Gasteiger partial charge < -0.3 is 4.90 Å². The predicted octanol–water partition coefficient (Wildman–Crippen LogP) is 2.95. The molecule has 16 heavy (non-hydrogen) atoms. The van der Waals surface area contributed by atoms with Gasteiger partial charge in [-0.15, -0.1) is 0 Å². The molecular formula is C13H16ClNO. The molecule has 1 aromatic carbocycles. The molecular weight excluding hydrogens is 222 g/mol. The third kappa shape index (κ3) is 2.38. The summed E-state index contributed by atoms with van der Waals surface area (Å²) in [6.45, 7) is 2.72. The fraction of sp³-hybridized carbons (Fsp3) is 0.462. The van der Waals surface area contributed by atoms with Crippen LogP contribution >= 0.6 is 11.6 Å². The Bertz CT molecular complexity index is 405. The molecule has 3 heteroatoms. The third-order valence-electron chi connectivity index (χ3n) is 3.17. The van der Waals surface area contributed by atoms with Crippen LogP contribution in [0.1, 0.15) is 18.9 Å². The van der Waals surface area contributed by atoms with Crippen molar-refractivity contribution < 1.29 is 4.79 Å². The normalized spacial score (nSPS) is 22.9. The van der Waals surface area contributed by atoms with Gasteiger partial charge in [-0.1, -0.05) is 36.7 Å². The summed E-state index contributed by atoms with van der Waals surface area (Å²) in [4.78, 5) is 13.7. The van der Waals surface area contributed by atoms with E-state index in [1.54, 1.807) is 4.90 Å². The summed E-state index contributed by atoms with van der Waals surface area (Å²) in [7, 11) is 1.84. The van der Waals surface area contributed by atoms with E-state index < -0.39 is 0 Å². The molecule has 1 aliphatic rings. The molecule has 2 nitrogen and oxygen atoms in total. The highest BCUT2D eigenvalue weighted by Crippen LogP contribution is 2.39. The van der Waals surface area contributed by atoms with Crippen LogP contribution in [0.2, 0.25) is 5.02 Å². The fourth-order valence-corrected chi connectivity index (χ4v) is 2.10. The molecule has 0 aliphatic heterocycles. The Morgan fingerprint density at radius 2 is 2.12 bits per heavy atom. The Morgan fingerprint density at radius 3 is 2.69 bits per heavy atom. The molecule has 0 bridgehead atoms. The number of benzene rings is 1. The molecule has 1 fully saturated rings. The minimum Gasteiger partial charge on any atom is -0.341 e. The molecule has 1 amide bonds. The number of halogens is 1. The molecule has 2 unspecified atom stereocenters. The highest BCUT2D eigenvalue weighted by atomic mass is 35.5. The maximum Gasteiger partial charge on any atom is 0.226 e. The van der Waals surface area contributed by atoms with Crippen LogP contribution < -0.4 is 0 Å². The Morgan fingerprint density at radius 1 is 1.50 bits per heavy atom. The van der Waals surface area contributed by atoms with Gasteiger partial charge in [-0.2, -0.15) is 0 Å². The first-order valence-electron chi connectivity index (χ1n) is 5.58. The fourth-order valence-electron chi connectivity index (χ4n) is 1.91. The van der Waals surface area contributed by atoms with E-state index in [1.807, 2.05) is 31.3 Å². The van der Waals surface area contributed by atoms with Gasteiger partial charge in [-0.25, -0.2) is 0 Å². The molecule has 1 aromatic rings. The second kappa shape index (κ2) is 4.46. The average molecular weight is 238 g/mol. The third-order valence-corrected chi connectivity index (χ3v) is 3.54. The van der Waals surface area contributed by atoms with Gasteiger partial charge in [0.1, 0.15) is 0 Å². The summed E-state index contributed by atoms with van der Waals surface area (Å²) in [6.07, 6.45) is 1.03. The maximum atomic E-state index is 11.9. The van der Waals surface area contributed by atoms with Crippen LogP contribution in [0.5, 0.6) is 0 Å². The van der Waals surface area contributed by atoms with E-state index in [-0.39, 0.29) is 11.8 Å². The standard InChI is InChI=1S/C13H16ClNO/c1-9-7-11(9)13(16)15(2)8-10-5-3-4-6-12(10)14/h3-6,9,11H,7-8H2,1-2H3. The molecule has 0 aromatic heterocycles. The van der Waals surface area contributed by atoms with Crippen LogP contribution in [-0.2, 0) is 11.3 Å². The lowest BCUT2D eigenvalue weighted by Gasteiger charge is -2.17. The van der Waals surface area contributed by atoms with E-state index in [2.05, 4.69) is 6.92 Å². The second-order valence-corrected chi connectivity index (χ2v) is 5.01. The van der Waals surface area contributed by atoms with Crippen molar-refractivity contribution >= 4 is 17.5 Å². The first kappa shape index (κ1) is 11.5. The zero-order valence-electron chi connectivity index (χ0n) is 9.61. The summed E-state index contributed by atoms with van der Waals surface area (Å²) in [5.74, 6) is 1.04. The largest absolute Gasteiger partial charge is 0.341 e. The van der Waals surface area contributed by atoms with Crippen molar-refractivity contribution in [3.8, 4) is 0 Å². The van der Waals surface area contributed by atoms with Gasteiger partial charge in [0.2, 0.25) is 5.91 Å². The first-order chi connectivity index (χ1) is 7.59. The van der Waals surface area contributed by atoms with Crippen molar-refractivity contribution in [2.45, 2.75) is 19.9 Å². The number of nitrogens with zero attached hydrogens (tertiary/aromatic N) is 1. The second-order valence-electron chi connectivity index (χ2n) is 4.61. The Labute approximate surface area is 101 Å². The Hall–Kier alpha value is -1.02. The number of amides is 1. The van der Waals surface area contributed by atoms with Crippen LogP contribution in [0.25, 0.3) is 0 Å². The van der Waals surface area contributed by atoms with Crippen LogP contribution in [0.4, 0.5) is 0 Å². The van der Waals surface area contributed by atoms with Crippen molar-refractivity contribution in [2.75, 3.05) is 7.05 Å². The smallest absolute Gasteiger partial charge is 0.226 e. The number of hydrogen-bond donors (Lipinski definition) is 0. The lowest BCUT2D eigenvalue weighted by Crippen LogP contribution is -2.28. The number of carbonyl (C=O) groups is 1. The SMILES string of the molecule is CC1CC1C(=O)N(C)Cc1ccccc1Cl. The molecule has 1 aliphatic carbocycles. The highest BCUT2D eigenvalue weighted by molar-refractivity contribution is 6.31. The molecule has 2 rings (SSSR count). The van der Waals surface area contributed by atoms with Crippen LogP contribution in [-0.4, -0.2) is 17.9 Å². The topological polar surface area (TPSA) is 20.3 Å². The van der Waals surface area contributed by atoms with Crippen LogP contribution in [0.15, 0.2) is 24.3 Å². The highest BCUT2D eigenvalue weighted by Gasteiger charge is 2.40. The van der Waals surface area contributed by atoms with Gasteiger partial charge in [0.25, 0.3) is 0 Å². The molecule has 1 saturated carbocycles. The summed E-state index contributed by atoms with van der Waals surface area (Å²) >= 11 is 6.06. The van der Waals surface area contributed by atoms with Gasteiger partial charge in [0.05, 0.1) is 0 Å². The van der Waals surface area contributed by atoms with Crippen molar-refractivity contribution in [3.63, 3.8) is 0 Å². The van der Waals surface area contributed by atoms with Crippen molar-refractivity contribution in [2.24, 2.45) is 11.8 Å². The summed E-state index contributed by atoms with van der Waals surface area (Å²) < 4.78 is 0. The van der Waals surface area contributed by atoms with E-state index in [4.69, 9.17) is 11.6 Å². The lowest BCUT2D eigenvalue weighted by atomic mass is 10.2. The maximum absolute atomic E-state index is 11.9. The van der Waals surface area contributed by atoms with Gasteiger partial charge in [-0.05, 0) is 24.0 Å². The Kier molecular flexibility index (Phi) is 3.20. The minimum atomic E-state index is 0.243. The summed E-state index contributed by atoms with van der Waals surface area (Å²) in [6, 6.07) is 7.66. The summed E-state index contributed by atoms with van der Waals surface area (Å²) in [5.41, 5.74) is 1.01. The van der Waals surface area contributed by atoms with Crippen molar-refractivity contribution in [1.82, 2.24) is 4.90 Å². The van der Waals surface area contributed by atoms with E-state index >= 15 is 0 Å². The monoisotopic (exact) mass is 237 g/mol. The molecule has 0 saturated heterocycles. The van der Waals surface area contributed by atoms with E-state index in [9.17, 15) is 4.79 Å². The van der Waals surface area contributed by atoms with Crippen LogP contribution in [0.3, 0.4) is 0 Å². The van der Waals surface area contributed by atoms with Gasteiger partial charge in [-0.3, -0.25) is 4.79 Å². The molecule has 2 atom stereocenters. The molecule has 86 valence electrons. The summed E-state index contributed by atoms with van der Waals surface area (Å²) in [5, 5.41) is 0.728. The van der Waals surface area contributed by atoms with Crippen LogP contribution in [0, 0.1) is 11.8 Å². The van der Waals surface area contributed by atoms with Gasteiger partial charge in [0, 0.05) is 24.5 Å². The number of carbonyl (C=O) groups excluding carboxylic acids is 1. The molecule has 0 N–H and O–H groups in total. The van der Waals surface area contributed by atoms with Gasteiger partial charge in [0.15, 0.2) is 0 Å². The van der Waals surface area contributed by atoms with Gasteiger partial charge >= 0.3 is 0 Å². The minimum absolute atomic E-state index is 0.243. The molecule has 0 radical (unpaired) electrons. The molecule has 0 spiro atoms. The quantitative estimate of drug-likeness (QED) is 0.792. The van der Waals surface area contributed by atoms with Crippen molar-refractivity contribution in [3.05, 3.63) is 34.9 Å². The number of rotatable bonds is 3. The number of hydrogen-bond acceptors (Lipinski definition) is 1. The lowest BCUT2D eigenvalue weighted by molar-refractivity contribution is -0.132.